The number of hydrogen-bond acceptors (Lipinski definition) is 2. The summed E-state index contributed by atoms with van der Waals surface area (Å²) in [6.07, 6.45) is 1.16. The maximum atomic E-state index is 6.13. The molecule has 2 rings (SSSR count). The van der Waals surface area contributed by atoms with Crippen molar-refractivity contribution in [1.29, 1.82) is 0 Å². The van der Waals surface area contributed by atoms with E-state index in [9.17, 15) is 0 Å². The Labute approximate surface area is 132 Å². The number of methoxy groups -OCH3 is 1. The van der Waals surface area contributed by atoms with Crippen molar-refractivity contribution in [2.45, 2.75) is 32.7 Å². The molecule has 0 amide bonds. The Morgan fingerprint density at radius 3 is 2.43 bits per heavy atom. The molecule has 112 valence electrons. The van der Waals surface area contributed by atoms with E-state index < -0.39 is 0 Å². The summed E-state index contributed by atoms with van der Waals surface area (Å²) in [7, 11) is 1.62. The summed E-state index contributed by atoms with van der Waals surface area (Å²) in [4.78, 5) is 0. The second-order valence-corrected chi connectivity index (χ2v) is 5.66. The zero-order valence-corrected chi connectivity index (χ0v) is 13.6. The number of ether oxygens (including phenoxy) is 1. The van der Waals surface area contributed by atoms with Crippen LogP contribution in [0.1, 0.15) is 37.3 Å². The highest BCUT2D eigenvalue weighted by atomic mass is 35.5. The van der Waals surface area contributed by atoms with Gasteiger partial charge in [0.2, 0.25) is 0 Å². The molecule has 21 heavy (non-hydrogen) atoms. The molecule has 1 N–H and O–H groups in total. The summed E-state index contributed by atoms with van der Waals surface area (Å²) in [5.74, 6) is 1.32. The fraction of sp³-hybridized carbons (Fsp3) is 0.333. The van der Waals surface area contributed by atoms with Gasteiger partial charge in [0.25, 0.3) is 0 Å². The van der Waals surface area contributed by atoms with Crippen molar-refractivity contribution < 1.29 is 4.74 Å². The van der Waals surface area contributed by atoms with E-state index in [-0.39, 0.29) is 0 Å². The summed E-state index contributed by atoms with van der Waals surface area (Å²) in [5.41, 5.74) is 3.64. The second kappa shape index (κ2) is 7.37. The monoisotopic (exact) mass is 303 g/mol. The lowest BCUT2D eigenvalue weighted by molar-refractivity contribution is 0.415. The molecule has 0 saturated carbocycles. The first-order chi connectivity index (χ1) is 10.1. The first kappa shape index (κ1) is 15.7. The quantitative estimate of drug-likeness (QED) is 0.763. The van der Waals surface area contributed by atoms with Crippen LogP contribution in [-0.4, -0.2) is 7.11 Å². The third-order valence-corrected chi connectivity index (χ3v) is 4.10. The SMILES string of the molecule is CCC(C)c1ccc(NCc2ccc(OC)c(Cl)c2)cc1. The fourth-order valence-electron chi connectivity index (χ4n) is 2.19. The van der Waals surface area contributed by atoms with Gasteiger partial charge in [-0.25, -0.2) is 0 Å². The highest BCUT2D eigenvalue weighted by molar-refractivity contribution is 6.32. The first-order valence-corrected chi connectivity index (χ1v) is 7.68. The highest BCUT2D eigenvalue weighted by Gasteiger charge is 2.04. The van der Waals surface area contributed by atoms with Gasteiger partial charge in [-0.05, 0) is 47.7 Å². The Bertz CT molecular complexity index is 580. The van der Waals surface area contributed by atoms with Crippen LogP contribution in [-0.2, 0) is 6.54 Å². The molecule has 3 heteroatoms. The average Bonchev–Trinajstić information content (AvgIpc) is 2.52. The molecule has 0 heterocycles. The highest BCUT2D eigenvalue weighted by Crippen LogP contribution is 2.25. The smallest absolute Gasteiger partial charge is 0.137 e. The predicted molar refractivity (Wildman–Crippen MR) is 90.5 cm³/mol. The molecule has 0 radical (unpaired) electrons. The number of nitrogens with one attached hydrogen (secondary N) is 1. The van der Waals surface area contributed by atoms with Gasteiger partial charge in [0.1, 0.15) is 5.75 Å². The molecule has 1 atom stereocenters. The van der Waals surface area contributed by atoms with Crippen LogP contribution >= 0.6 is 11.6 Å². The van der Waals surface area contributed by atoms with Crippen LogP contribution in [0.4, 0.5) is 5.69 Å². The van der Waals surface area contributed by atoms with Gasteiger partial charge in [0.15, 0.2) is 0 Å². The molecule has 0 bridgehead atoms. The maximum Gasteiger partial charge on any atom is 0.137 e. The minimum absolute atomic E-state index is 0.611. The predicted octanol–water partition coefficient (Wildman–Crippen LogP) is 5.47. The van der Waals surface area contributed by atoms with Gasteiger partial charge in [-0.15, -0.1) is 0 Å². The molecule has 1 unspecified atom stereocenters. The molecule has 0 saturated heterocycles. The molecule has 0 spiro atoms. The fourth-order valence-corrected chi connectivity index (χ4v) is 2.47. The number of anilines is 1. The van der Waals surface area contributed by atoms with Crippen molar-refractivity contribution in [3.63, 3.8) is 0 Å². The van der Waals surface area contributed by atoms with Crippen LogP contribution in [0.3, 0.4) is 0 Å². The summed E-state index contributed by atoms with van der Waals surface area (Å²) in [6, 6.07) is 14.5. The molecule has 2 aromatic carbocycles. The molecular weight excluding hydrogens is 282 g/mol. The molecule has 0 fully saturated rings. The van der Waals surface area contributed by atoms with Crippen LogP contribution in [0.15, 0.2) is 42.5 Å². The Hall–Kier alpha value is -1.67. The number of rotatable bonds is 6. The molecule has 2 aromatic rings. The van der Waals surface area contributed by atoms with E-state index >= 15 is 0 Å². The standard InChI is InChI=1S/C18H22ClNO/c1-4-13(2)15-6-8-16(9-7-15)20-12-14-5-10-18(21-3)17(19)11-14/h5-11,13,20H,4,12H2,1-3H3. The van der Waals surface area contributed by atoms with E-state index in [0.717, 1.165) is 24.2 Å². The van der Waals surface area contributed by atoms with Crippen LogP contribution in [0.25, 0.3) is 0 Å². The maximum absolute atomic E-state index is 6.13. The third-order valence-electron chi connectivity index (χ3n) is 3.80. The van der Waals surface area contributed by atoms with E-state index in [1.165, 1.54) is 5.56 Å². The van der Waals surface area contributed by atoms with E-state index in [1.807, 2.05) is 18.2 Å². The number of benzene rings is 2. The molecule has 2 nitrogen and oxygen atoms in total. The Kier molecular flexibility index (Phi) is 5.51. The van der Waals surface area contributed by atoms with E-state index in [0.29, 0.717) is 16.7 Å². The lowest BCUT2D eigenvalue weighted by Gasteiger charge is -2.12. The van der Waals surface area contributed by atoms with Crippen molar-refractivity contribution in [3.05, 3.63) is 58.6 Å². The van der Waals surface area contributed by atoms with Gasteiger partial charge in [0, 0.05) is 12.2 Å². The zero-order valence-electron chi connectivity index (χ0n) is 12.8. The summed E-state index contributed by atoms with van der Waals surface area (Å²) >= 11 is 6.13. The minimum Gasteiger partial charge on any atom is -0.495 e. The van der Waals surface area contributed by atoms with Crippen molar-refractivity contribution in [2.75, 3.05) is 12.4 Å². The topological polar surface area (TPSA) is 21.3 Å². The van der Waals surface area contributed by atoms with Gasteiger partial charge in [-0.3, -0.25) is 0 Å². The first-order valence-electron chi connectivity index (χ1n) is 7.30. The minimum atomic E-state index is 0.611. The van der Waals surface area contributed by atoms with Crippen LogP contribution in [0.2, 0.25) is 5.02 Å². The van der Waals surface area contributed by atoms with Crippen LogP contribution in [0.5, 0.6) is 5.75 Å². The van der Waals surface area contributed by atoms with Crippen molar-refractivity contribution in [3.8, 4) is 5.75 Å². The van der Waals surface area contributed by atoms with Crippen molar-refractivity contribution in [1.82, 2.24) is 0 Å². The number of hydrogen-bond donors (Lipinski definition) is 1. The Morgan fingerprint density at radius 2 is 1.86 bits per heavy atom. The van der Waals surface area contributed by atoms with Gasteiger partial charge in [-0.1, -0.05) is 43.6 Å². The van der Waals surface area contributed by atoms with Crippen molar-refractivity contribution >= 4 is 17.3 Å². The van der Waals surface area contributed by atoms with E-state index in [4.69, 9.17) is 16.3 Å². The summed E-state index contributed by atoms with van der Waals surface area (Å²) in [5, 5.41) is 4.05. The average molecular weight is 304 g/mol. The van der Waals surface area contributed by atoms with Crippen LogP contribution < -0.4 is 10.1 Å². The van der Waals surface area contributed by atoms with Crippen LogP contribution in [0, 0.1) is 0 Å². The lowest BCUT2D eigenvalue weighted by atomic mass is 9.99. The molecule has 0 aliphatic carbocycles. The molecule has 0 aliphatic rings. The summed E-state index contributed by atoms with van der Waals surface area (Å²) in [6.45, 7) is 5.21. The van der Waals surface area contributed by atoms with Gasteiger partial charge >= 0.3 is 0 Å². The second-order valence-electron chi connectivity index (χ2n) is 5.25. The van der Waals surface area contributed by atoms with E-state index in [1.54, 1.807) is 7.11 Å². The van der Waals surface area contributed by atoms with Gasteiger partial charge in [0.05, 0.1) is 12.1 Å². The largest absolute Gasteiger partial charge is 0.495 e. The Morgan fingerprint density at radius 1 is 1.14 bits per heavy atom. The zero-order chi connectivity index (χ0) is 15.2. The third kappa shape index (κ3) is 4.15. The van der Waals surface area contributed by atoms with Gasteiger partial charge in [-0.2, -0.15) is 0 Å². The van der Waals surface area contributed by atoms with Crippen molar-refractivity contribution in [2.24, 2.45) is 0 Å². The number of halogens is 1. The van der Waals surface area contributed by atoms with E-state index in [2.05, 4.69) is 43.4 Å². The molecule has 0 aliphatic heterocycles. The summed E-state index contributed by atoms with van der Waals surface area (Å²) < 4.78 is 5.16. The lowest BCUT2D eigenvalue weighted by Crippen LogP contribution is -2.00. The molecular formula is C18H22ClNO. The Balaban J connectivity index is 1.98. The molecule has 0 aromatic heterocycles. The van der Waals surface area contributed by atoms with Gasteiger partial charge < -0.3 is 10.1 Å². The normalized spacial score (nSPS) is 12.0.